The van der Waals surface area contributed by atoms with Crippen LogP contribution in [0, 0.1) is 5.92 Å². The zero-order valence-electron chi connectivity index (χ0n) is 14.1. The number of carbonyl (C=O) groups excluding carboxylic acids is 2. The van der Waals surface area contributed by atoms with Crippen LogP contribution < -0.4 is 15.4 Å². The third kappa shape index (κ3) is 4.50. The summed E-state index contributed by atoms with van der Waals surface area (Å²) in [5.74, 6) is -0.241. The maximum absolute atomic E-state index is 12.4. The van der Waals surface area contributed by atoms with Crippen molar-refractivity contribution in [3.63, 3.8) is 0 Å². The molecule has 136 valence electrons. The second-order valence-electron chi connectivity index (χ2n) is 5.91. The van der Waals surface area contributed by atoms with Crippen molar-refractivity contribution in [2.24, 2.45) is 5.92 Å². The fourth-order valence-corrected chi connectivity index (χ4v) is 2.25. The van der Waals surface area contributed by atoms with Gasteiger partial charge >= 0.3 is 0 Å². The van der Waals surface area contributed by atoms with Gasteiger partial charge in [0.1, 0.15) is 5.69 Å². The van der Waals surface area contributed by atoms with Crippen molar-refractivity contribution in [1.29, 1.82) is 0 Å². The average Bonchev–Trinajstić information content (AvgIpc) is 3.48. The highest BCUT2D eigenvalue weighted by atomic mass is 19.1. The molecule has 0 bridgehead atoms. The lowest BCUT2D eigenvalue weighted by Crippen LogP contribution is -2.28. The van der Waals surface area contributed by atoms with Gasteiger partial charge in [-0.1, -0.05) is 6.07 Å². The number of amides is 2. The molecule has 1 saturated carbocycles. The molecule has 1 unspecified atom stereocenters. The van der Waals surface area contributed by atoms with Gasteiger partial charge in [0.25, 0.3) is 5.91 Å². The van der Waals surface area contributed by atoms with Crippen molar-refractivity contribution in [3.8, 4) is 5.88 Å². The molecule has 2 N–H and O–H groups in total. The summed E-state index contributed by atoms with van der Waals surface area (Å²) in [4.78, 5) is 36.1. The first-order valence-corrected chi connectivity index (χ1v) is 8.16. The Morgan fingerprint density at radius 3 is 2.77 bits per heavy atom. The van der Waals surface area contributed by atoms with Gasteiger partial charge in [0.05, 0.1) is 6.04 Å². The zero-order valence-corrected chi connectivity index (χ0v) is 14.1. The molecule has 1 fully saturated rings. The van der Waals surface area contributed by atoms with E-state index in [1.807, 2.05) is 0 Å². The van der Waals surface area contributed by atoms with Crippen LogP contribution in [0.25, 0.3) is 0 Å². The number of pyridine rings is 1. The molecule has 2 heterocycles. The minimum atomic E-state index is -0.952. The van der Waals surface area contributed by atoms with Gasteiger partial charge in [-0.05, 0) is 31.4 Å². The van der Waals surface area contributed by atoms with Gasteiger partial charge in [0, 0.05) is 24.4 Å². The van der Waals surface area contributed by atoms with Crippen molar-refractivity contribution >= 4 is 17.8 Å². The van der Waals surface area contributed by atoms with E-state index in [0.29, 0.717) is 0 Å². The van der Waals surface area contributed by atoms with E-state index >= 15 is 0 Å². The SMILES string of the molecule is CC(NC(=O)c1ccnc(NC(=O)C2CC2)n1)c1ccc(OCF)nc1. The van der Waals surface area contributed by atoms with E-state index in [1.54, 1.807) is 13.0 Å². The first-order valence-electron chi connectivity index (χ1n) is 8.16. The molecule has 0 spiro atoms. The summed E-state index contributed by atoms with van der Waals surface area (Å²) in [6.45, 7) is 0.827. The van der Waals surface area contributed by atoms with Crippen molar-refractivity contribution < 1.29 is 18.7 Å². The smallest absolute Gasteiger partial charge is 0.270 e. The van der Waals surface area contributed by atoms with Crippen LogP contribution in [0.3, 0.4) is 0 Å². The Morgan fingerprint density at radius 1 is 1.31 bits per heavy atom. The second kappa shape index (κ2) is 7.85. The molecule has 9 heteroatoms. The van der Waals surface area contributed by atoms with Crippen LogP contribution in [-0.2, 0) is 4.79 Å². The molecular formula is C17H18FN5O3. The van der Waals surface area contributed by atoms with Crippen LogP contribution in [0.5, 0.6) is 5.88 Å². The van der Waals surface area contributed by atoms with Crippen LogP contribution in [0.1, 0.15) is 41.9 Å². The normalized spacial score (nSPS) is 14.4. The summed E-state index contributed by atoms with van der Waals surface area (Å²) in [6, 6.07) is 4.32. The molecule has 1 aliphatic rings. The lowest BCUT2D eigenvalue weighted by atomic mass is 10.1. The van der Waals surface area contributed by atoms with Gasteiger partial charge in [-0.25, -0.2) is 19.3 Å². The average molecular weight is 359 g/mol. The van der Waals surface area contributed by atoms with Crippen LogP contribution >= 0.6 is 0 Å². The number of alkyl halides is 1. The van der Waals surface area contributed by atoms with Crippen LogP contribution in [0.4, 0.5) is 10.3 Å². The summed E-state index contributed by atoms with van der Waals surface area (Å²) in [6.07, 6.45) is 4.65. The van der Waals surface area contributed by atoms with E-state index in [9.17, 15) is 14.0 Å². The quantitative estimate of drug-likeness (QED) is 0.783. The van der Waals surface area contributed by atoms with Crippen molar-refractivity contribution in [2.45, 2.75) is 25.8 Å². The Balaban J connectivity index is 1.62. The molecule has 1 atom stereocenters. The summed E-state index contributed by atoms with van der Waals surface area (Å²) in [5.41, 5.74) is 0.865. The van der Waals surface area contributed by atoms with E-state index in [4.69, 9.17) is 0 Å². The van der Waals surface area contributed by atoms with E-state index < -0.39 is 12.8 Å². The predicted molar refractivity (Wildman–Crippen MR) is 90.1 cm³/mol. The van der Waals surface area contributed by atoms with Gasteiger partial charge < -0.3 is 10.1 Å². The molecule has 2 aromatic heterocycles. The lowest BCUT2D eigenvalue weighted by molar-refractivity contribution is -0.117. The molecule has 0 aliphatic heterocycles. The van der Waals surface area contributed by atoms with Gasteiger partial charge in [-0.15, -0.1) is 0 Å². The Morgan fingerprint density at radius 2 is 2.12 bits per heavy atom. The molecule has 3 rings (SSSR count). The monoisotopic (exact) mass is 359 g/mol. The Labute approximate surface area is 149 Å². The lowest BCUT2D eigenvalue weighted by Gasteiger charge is -2.14. The highest BCUT2D eigenvalue weighted by Crippen LogP contribution is 2.29. The minimum Gasteiger partial charge on any atom is -0.446 e. The Bertz CT molecular complexity index is 795. The summed E-state index contributed by atoms with van der Waals surface area (Å²) >= 11 is 0. The van der Waals surface area contributed by atoms with E-state index in [0.717, 1.165) is 18.4 Å². The highest BCUT2D eigenvalue weighted by molar-refractivity contribution is 5.95. The maximum Gasteiger partial charge on any atom is 0.270 e. The third-order valence-corrected chi connectivity index (χ3v) is 3.88. The molecule has 0 saturated heterocycles. The van der Waals surface area contributed by atoms with Gasteiger partial charge in [-0.2, -0.15) is 0 Å². The minimum absolute atomic E-state index is 0.0213. The number of aromatic nitrogens is 3. The fourth-order valence-electron chi connectivity index (χ4n) is 2.25. The first-order chi connectivity index (χ1) is 12.6. The molecule has 2 aromatic rings. The number of carbonyl (C=O) groups is 2. The number of anilines is 1. The molecule has 0 radical (unpaired) electrons. The molecule has 1 aliphatic carbocycles. The number of hydrogen-bond acceptors (Lipinski definition) is 6. The van der Waals surface area contributed by atoms with Crippen molar-refractivity contribution in [1.82, 2.24) is 20.3 Å². The molecular weight excluding hydrogens is 341 g/mol. The van der Waals surface area contributed by atoms with Crippen LogP contribution in [0.15, 0.2) is 30.6 Å². The second-order valence-corrected chi connectivity index (χ2v) is 5.91. The zero-order chi connectivity index (χ0) is 18.5. The van der Waals surface area contributed by atoms with Crippen LogP contribution in [0.2, 0.25) is 0 Å². The van der Waals surface area contributed by atoms with Crippen molar-refractivity contribution in [3.05, 3.63) is 41.9 Å². The number of rotatable bonds is 7. The number of nitrogens with zero attached hydrogens (tertiary/aromatic N) is 3. The number of hydrogen-bond donors (Lipinski definition) is 2. The molecule has 26 heavy (non-hydrogen) atoms. The summed E-state index contributed by atoms with van der Waals surface area (Å²) in [7, 11) is 0. The van der Waals surface area contributed by atoms with E-state index in [1.165, 1.54) is 24.5 Å². The van der Waals surface area contributed by atoms with E-state index in [2.05, 4.69) is 30.3 Å². The first kappa shape index (κ1) is 17.7. The van der Waals surface area contributed by atoms with Gasteiger partial charge in [0.15, 0.2) is 0 Å². The van der Waals surface area contributed by atoms with Gasteiger partial charge in [0.2, 0.25) is 24.6 Å². The molecule has 0 aromatic carbocycles. The third-order valence-electron chi connectivity index (χ3n) is 3.88. The number of nitrogens with one attached hydrogen (secondary N) is 2. The highest BCUT2D eigenvalue weighted by Gasteiger charge is 2.30. The topological polar surface area (TPSA) is 106 Å². The molecule has 2 amide bonds. The Kier molecular flexibility index (Phi) is 5.35. The Hall–Kier alpha value is -3.10. The maximum atomic E-state index is 12.4. The van der Waals surface area contributed by atoms with Crippen molar-refractivity contribution in [2.75, 3.05) is 12.2 Å². The van der Waals surface area contributed by atoms with E-state index in [-0.39, 0.29) is 35.4 Å². The standard InChI is InChI=1S/C17H18FN5O3/c1-10(12-4-5-14(20-8-12)26-9-18)21-16(25)13-6-7-19-17(22-13)23-15(24)11-2-3-11/h4-8,10-11H,2-3,9H2,1H3,(H,21,25)(H,19,22,23,24). The fraction of sp³-hybridized carbons (Fsp3) is 0.353. The van der Waals surface area contributed by atoms with Gasteiger partial charge in [-0.3, -0.25) is 14.9 Å². The summed E-state index contributed by atoms with van der Waals surface area (Å²) < 4.78 is 16.7. The number of halogens is 1. The van der Waals surface area contributed by atoms with Crippen LogP contribution in [-0.4, -0.2) is 33.6 Å². The predicted octanol–water partition coefficient (Wildman–Crippen LogP) is 2.02. The molecule has 8 nitrogen and oxygen atoms in total. The number of ether oxygens (including phenoxy) is 1. The summed E-state index contributed by atoms with van der Waals surface area (Å²) in [5, 5.41) is 5.39. The largest absolute Gasteiger partial charge is 0.446 e.